The van der Waals surface area contributed by atoms with Crippen molar-refractivity contribution in [3.05, 3.63) is 67.0 Å². The first-order chi connectivity index (χ1) is 21.8. The largest absolute Gasteiger partial charge is 0.492 e. The first-order valence-corrected chi connectivity index (χ1v) is 15.7. The monoisotopic (exact) mass is 627 g/mol. The number of fused-ring (bicyclic) bond motifs is 1. The average molecular weight is 628 g/mol. The van der Waals surface area contributed by atoms with E-state index in [1.165, 1.54) is 10.3 Å². The second-order valence-corrected chi connectivity index (χ2v) is 13.6. The van der Waals surface area contributed by atoms with Gasteiger partial charge in [0.05, 0.1) is 6.54 Å². The summed E-state index contributed by atoms with van der Waals surface area (Å²) in [5.41, 5.74) is 4.28. The number of nitrogens with zero attached hydrogens (tertiary/aromatic N) is 4. The normalized spacial score (nSPS) is 14.3. The zero-order valence-corrected chi connectivity index (χ0v) is 27.9. The molecule has 1 amide bonds. The molecule has 5 rings (SSSR count). The molecule has 0 radical (unpaired) electrons. The Labute approximate surface area is 271 Å². The van der Waals surface area contributed by atoms with E-state index in [1.54, 1.807) is 12.4 Å². The number of hydrogen-bond acceptors (Lipinski definition) is 8. The van der Waals surface area contributed by atoms with E-state index in [-0.39, 0.29) is 6.61 Å². The van der Waals surface area contributed by atoms with Crippen LogP contribution in [0.15, 0.2) is 67.0 Å². The Bertz CT molecular complexity index is 1660. The van der Waals surface area contributed by atoms with Gasteiger partial charge in [-0.1, -0.05) is 24.3 Å². The lowest BCUT2D eigenvalue weighted by molar-refractivity contribution is 0.0515. The predicted octanol–water partition coefficient (Wildman–Crippen LogP) is 6.81. The molecule has 46 heavy (non-hydrogen) atoms. The molecule has 4 aromatic rings. The molecule has 0 aliphatic carbocycles. The van der Waals surface area contributed by atoms with E-state index in [0.29, 0.717) is 17.9 Å². The second-order valence-electron chi connectivity index (χ2n) is 13.6. The van der Waals surface area contributed by atoms with Crippen molar-refractivity contribution >= 4 is 28.9 Å². The number of carbonyl (C=O) groups excluding carboxylic acids is 2. The third-order valence-corrected chi connectivity index (χ3v) is 7.51. The van der Waals surface area contributed by atoms with Gasteiger partial charge in [0.25, 0.3) is 0 Å². The van der Waals surface area contributed by atoms with E-state index in [9.17, 15) is 9.59 Å². The van der Waals surface area contributed by atoms with Crippen molar-refractivity contribution in [3.8, 4) is 28.0 Å². The van der Waals surface area contributed by atoms with E-state index < -0.39 is 23.4 Å². The van der Waals surface area contributed by atoms with Gasteiger partial charge in [0, 0.05) is 60.8 Å². The first kappa shape index (κ1) is 32.8. The Balaban J connectivity index is 1.38. The van der Waals surface area contributed by atoms with Gasteiger partial charge in [0.1, 0.15) is 29.2 Å². The number of alkyl carbamates (subject to hydrolysis) is 1. The molecule has 10 nitrogen and oxygen atoms in total. The molecule has 244 valence electrons. The van der Waals surface area contributed by atoms with E-state index in [2.05, 4.69) is 52.5 Å². The quantitative estimate of drug-likeness (QED) is 0.223. The number of amides is 1. The molecule has 2 aromatic heterocycles. The van der Waals surface area contributed by atoms with Crippen LogP contribution in [-0.4, -0.2) is 84.2 Å². The molecule has 10 heteroatoms. The molecule has 0 saturated carbocycles. The highest BCUT2D eigenvalue weighted by molar-refractivity contribution is 6.00. The van der Waals surface area contributed by atoms with Gasteiger partial charge >= 0.3 is 12.2 Å². The Morgan fingerprint density at radius 2 is 1.46 bits per heavy atom. The number of pyridine rings is 1. The van der Waals surface area contributed by atoms with Crippen LogP contribution in [0.1, 0.15) is 41.5 Å². The summed E-state index contributed by atoms with van der Waals surface area (Å²) in [6.45, 7) is 15.7. The van der Waals surface area contributed by atoms with Crippen molar-refractivity contribution in [1.82, 2.24) is 19.8 Å². The zero-order chi connectivity index (χ0) is 33.1. The van der Waals surface area contributed by atoms with Crippen molar-refractivity contribution in [1.29, 1.82) is 0 Å². The third-order valence-electron chi connectivity index (χ3n) is 7.51. The molecular formula is C36H45N5O5. The number of ether oxygens (including phenoxy) is 3. The van der Waals surface area contributed by atoms with Crippen LogP contribution >= 0.6 is 0 Å². The van der Waals surface area contributed by atoms with Crippen LogP contribution in [0.25, 0.3) is 33.3 Å². The van der Waals surface area contributed by atoms with Crippen molar-refractivity contribution in [2.45, 2.75) is 52.7 Å². The van der Waals surface area contributed by atoms with Crippen LogP contribution in [0, 0.1) is 0 Å². The number of hydrogen-bond donors (Lipinski definition) is 1. The summed E-state index contributed by atoms with van der Waals surface area (Å²) in [7, 11) is 2.16. The van der Waals surface area contributed by atoms with Gasteiger partial charge < -0.3 is 29.3 Å². The van der Waals surface area contributed by atoms with Crippen molar-refractivity contribution in [2.75, 3.05) is 51.3 Å². The Kier molecular flexibility index (Phi) is 9.58. The van der Waals surface area contributed by atoms with Gasteiger partial charge in [-0.2, -0.15) is 0 Å². The van der Waals surface area contributed by atoms with Crippen LogP contribution in [-0.2, 0) is 9.47 Å². The maximum absolute atomic E-state index is 13.2. The van der Waals surface area contributed by atoms with Gasteiger partial charge in [0.15, 0.2) is 0 Å². The highest BCUT2D eigenvalue weighted by Gasteiger charge is 2.23. The van der Waals surface area contributed by atoms with Crippen LogP contribution in [0.2, 0.25) is 0 Å². The van der Waals surface area contributed by atoms with E-state index >= 15 is 0 Å². The molecular weight excluding hydrogens is 582 g/mol. The minimum Gasteiger partial charge on any atom is -0.492 e. The number of aromatic nitrogens is 2. The molecule has 2 aromatic carbocycles. The lowest BCUT2D eigenvalue weighted by atomic mass is 10.0. The molecule has 1 saturated heterocycles. The van der Waals surface area contributed by atoms with Gasteiger partial charge in [-0.05, 0) is 90.0 Å². The number of anilines is 1. The molecule has 1 fully saturated rings. The number of carbonyl (C=O) groups is 2. The van der Waals surface area contributed by atoms with Crippen LogP contribution in [0.3, 0.4) is 0 Å². The molecule has 3 heterocycles. The summed E-state index contributed by atoms with van der Waals surface area (Å²) in [6, 6.07) is 18.3. The maximum Gasteiger partial charge on any atom is 0.420 e. The second kappa shape index (κ2) is 13.4. The zero-order valence-electron chi connectivity index (χ0n) is 27.9. The highest BCUT2D eigenvalue weighted by atomic mass is 16.6. The summed E-state index contributed by atoms with van der Waals surface area (Å²) >= 11 is 0. The predicted molar refractivity (Wildman–Crippen MR) is 182 cm³/mol. The standard InChI is InChI=1S/C36H45N5O5/c1-35(2,3)45-33(42)37-16-21-44-29-14-10-26(11-15-29)31-24-41(34(43)46-36(4,5)6)32-30(31)22-27(23-38-32)25-8-12-28(13-9-25)40-19-17-39(7)18-20-40/h8-15,22-24H,16-21H2,1-7H3,(H,37,42). The van der Waals surface area contributed by atoms with E-state index in [4.69, 9.17) is 19.2 Å². The molecule has 0 atom stereocenters. The SMILES string of the molecule is CN1CCN(c2ccc(-c3cnc4c(c3)c(-c3ccc(OCCNC(=O)OC(C)(C)C)cc3)cn4C(=O)OC(C)(C)C)cc2)CC1. The highest BCUT2D eigenvalue weighted by Crippen LogP contribution is 2.34. The number of piperazine rings is 1. The van der Waals surface area contributed by atoms with E-state index in [1.807, 2.05) is 65.8 Å². The Morgan fingerprint density at radius 1 is 0.826 bits per heavy atom. The number of likely N-dealkylation sites (N-methyl/N-ethyl adjacent to an activating group) is 1. The smallest absolute Gasteiger partial charge is 0.420 e. The Morgan fingerprint density at radius 3 is 2.09 bits per heavy atom. The summed E-state index contributed by atoms with van der Waals surface area (Å²) in [5, 5.41) is 3.53. The number of benzene rings is 2. The summed E-state index contributed by atoms with van der Waals surface area (Å²) in [6.07, 6.45) is 2.62. The fraction of sp³-hybridized carbons (Fsp3) is 0.417. The molecule has 1 aliphatic rings. The van der Waals surface area contributed by atoms with Crippen molar-refractivity contribution in [2.24, 2.45) is 0 Å². The summed E-state index contributed by atoms with van der Waals surface area (Å²) < 4.78 is 18.3. The summed E-state index contributed by atoms with van der Waals surface area (Å²) in [4.78, 5) is 34.6. The fourth-order valence-electron chi connectivity index (χ4n) is 5.24. The lowest BCUT2D eigenvalue weighted by Gasteiger charge is -2.34. The topological polar surface area (TPSA) is 98.2 Å². The fourth-order valence-corrected chi connectivity index (χ4v) is 5.24. The molecule has 1 N–H and O–H groups in total. The molecule has 1 aliphatic heterocycles. The third kappa shape index (κ3) is 8.37. The molecule has 0 spiro atoms. The summed E-state index contributed by atoms with van der Waals surface area (Å²) in [5.74, 6) is 0.657. The number of rotatable bonds is 7. The minimum atomic E-state index is -0.656. The van der Waals surface area contributed by atoms with Gasteiger partial charge in [0.2, 0.25) is 0 Å². The van der Waals surface area contributed by atoms with Gasteiger partial charge in [-0.3, -0.25) is 0 Å². The van der Waals surface area contributed by atoms with Crippen LogP contribution in [0.5, 0.6) is 5.75 Å². The molecule has 0 unspecified atom stereocenters. The number of nitrogens with one attached hydrogen (secondary N) is 1. The van der Waals surface area contributed by atoms with Crippen molar-refractivity contribution in [3.63, 3.8) is 0 Å². The Hall–Kier alpha value is -4.57. The average Bonchev–Trinajstić information content (AvgIpc) is 3.38. The van der Waals surface area contributed by atoms with E-state index in [0.717, 1.165) is 53.8 Å². The van der Waals surface area contributed by atoms with Crippen molar-refractivity contribution < 1.29 is 23.8 Å². The molecule has 0 bridgehead atoms. The maximum atomic E-state index is 13.2. The van der Waals surface area contributed by atoms with Gasteiger partial charge in [-0.15, -0.1) is 0 Å². The minimum absolute atomic E-state index is 0.289. The first-order valence-electron chi connectivity index (χ1n) is 15.7. The van der Waals surface area contributed by atoms with Crippen LogP contribution < -0.4 is 15.0 Å². The van der Waals surface area contributed by atoms with Crippen LogP contribution in [0.4, 0.5) is 15.3 Å². The van der Waals surface area contributed by atoms with Gasteiger partial charge in [-0.25, -0.2) is 19.1 Å². The lowest BCUT2D eigenvalue weighted by Crippen LogP contribution is -2.44.